The molecule has 2 N–H and O–H groups in total. The van der Waals surface area contributed by atoms with Gasteiger partial charge in [-0.2, -0.15) is 13.2 Å². The second-order valence-electron chi connectivity index (χ2n) is 5.19. The third kappa shape index (κ3) is 4.66. The lowest BCUT2D eigenvalue weighted by Gasteiger charge is -2.54. The van der Waals surface area contributed by atoms with Crippen molar-refractivity contribution in [1.29, 1.82) is 0 Å². The highest BCUT2D eigenvalue weighted by Gasteiger charge is 2.48. The van der Waals surface area contributed by atoms with Gasteiger partial charge in [-0.3, -0.25) is 4.79 Å². The maximum absolute atomic E-state index is 11.1. The highest BCUT2D eigenvalue weighted by atomic mass is 19.4. The van der Waals surface area contributed by atoms with Gasteiger partial charge in [-0.05, 0) is 31.1 Å². The van der Waals surface area contributed by atoms with Crippen LogP contribution < -0.4 is 5.32 Å². The fourth-order valence-corrected chi connectivity index (χ4v) is 2.53. The van der Waals surface area contributed by atoms with E-state index in [2.05, 4.69) is 5.32 Å². The molecule has 1 saturated carbocycles. The Morgan fingerprint density at radius 2 is 1.85 bits per heavy atom. The summed E-state index contributed by atoms with van der Waals surface area (Å²) >= 11 is 0. The predicted molar refractivity (Wildman–Crippen MR) is 63.0 cm³/mol. The zero-order valence-electron chi connectivity index (χ0n) is 11.1. The summed E-state index contributed by atoms with van der Waals surface area (Å²) in [7, 11) is 0. The van der Waals surface area contributed by atoms with Crippen LogP contribution in [0.4, 0.5) is 13.2 Å². The van der Waals surface area contributed by atoms with Crippen LogP contribution in [0.5, 0.6) is 0 Å². The van der Waals surface area contributed by atoms with E-state index in [1.165, 1.54) is 12.8 Å². The number of carboxylic acid groups (broad SMARTS) is 1. The van der Waals surface area contributed by atoms with Gasteiger partial charge in [0.15, 0.2) is 0 Å². The maximum atomic E-state index is 11.1. The number of carbonyl (C=O) groups is 2. The van der Waals surface area contributed by atoms with Gasteiger partial charge in [0.2, 0.25) is 0 Å². The molecule has 0 atom stereocenters. The normalized spacial score (nSPS) is 20.2. The lowest BCUT2D eigenvalue weighted by atomic mass is 9.58. The lowest BCUT2D eigenvalue weighted by molar-refractivity contribution is -0.192. The molecular formula is C12H18F3NO4. The number of carboxylic acids is 1. The zero-order chi connectivity index (χ0) is 15.4. The Hall–Kier alpha value is -1.31. The first-order chi connectivity index (χ1) is 9.18. The molecular weight excluding hydrogens is 279 g/mol. The molecule has 0 amide bonds. The summed E-state index contributed by atoms with van der Waals surface area (Å²) < 4.78 is 36.6. The number of ether oxygens (including phenoxy) is 1. The van der Waals surface area contributed by atoms with Crippen LogP contribution >= 0.6 is 0 Å². The van der Waals surface area contributed by atoms with Gasteiger partial charge in [-0.15, -0.1) is 0 Å². The fraction of sp³-hybridized carbons (Fsp3) is 0.833. The summed E-state index contributed by atoms with van der Waals surface area (Å²) in [6.07, 6.45) is -2.01. The highest BCUT2D eigenvalue weighted by molar-refractivity contribution is 5.73. The van der Waals surface area contributed by atoms with Crippen LogP contribution in [0.25, 0.3) is 0 Å². The van der Waals surface area contributed by atoms with Crippen molar-refractivity contribution in [1.82, 2.24) is 5.32 Å². The van der Waals surface area contributed by atoms with Crippen LogP contribution in [0, 0.1) is 11.3 Å². The number of hydrogen-bond donors (Lipinski definition) is 2. The van der Waals surface area contributed by atoms with Crippen LogP contribution in [-0.4, -0.2) is 42.9 Å². The first-order valence-electron chi connectivity index (χ1n) is 6.35. The van der Waals surface area contributed by atoms with E-state index in [1.54, 1.807) is 0 Å². The molecule has 0 aromatic rings. The number of rotatable bonds is 3. The lowest BCUT2D eigenvalue weighted by Crippen LogP contribution is -2.60. The van der Waals surface area contributed by atoms with Gasteiger partial charge in [0.1, 0.15) is 0 Å². The highest BCUT2D eigenvalue weighted by Crippen LogP contribution is 2.49. The molecule has 116 valence electrons. The van der Waals surface area contributed by atoms with Crippen LogP contribution in [-0.2, 0) is 14.3 Å². The van der Waals surface area contributed by atoms with E-state index < -0.39 is 12.1 Å². The van der Waals surface area contributed by atoms with Gasteiger partial charge in [-0.1, -0.05) is 0 Å². The molecule has 2 aliphatic rings. The first kappa shape index (κ1) is 16.7. The number of hydrogen-bond acceptors (Lipinski definition) is 4. The van der Waals surface area contributed by atoms with E-state index in [1.807, 2.05) is 6.92 Å². The molecule has 1 heterocycles. The third-order valence-corrected chi connectivity index (χ3v) is 3.45. The van der Waals surface area contributed by atoms with Crippen molar-refractivity contribution in [3.63, 3.8) is 0 Å². The van der Waals surface area contributed by atoms with Crippen molar-refractivity contribution in [2.24, 2.45) is 11.3 Å². The summed E-state index contributed by atoms with van der Waals surface area (Å²) in [4.78, 5) is 20.0. The molecule has 1 aliphatic heterocycles. The Labute approximate surface area is 114 Å². The van der Waals surface area contributed by atoms with E-state index in [0.717, 1.165) is 13.1 Å². The second-order valence-corrected chi connectivity index (χ2v) is 5.19. The summed E-state index contributed by atoms with van der Waals surface area (Å²) in [5.41, 5.74) is 0.581. The molecule has 1 spiro atoms. The largest absolute Gasteiger partial charge is 0.490 e. The van der Waals surface area contributed by atoms with Crippen molar-refractivity contribution >= 4 is 11.9 Å². The Morgan fingerprint density at radius 3 is 2.15 bits per heavy atom. The zero-order valence-corrected chi connectivity index (χ0v) is 11.1. The fourth-order valence-electron chi connectivity index (χ4n) is 2.53. The van der Waals surface area contributed by atoms with Gasteiger partial charge in [-0.25, -0.2) is 4.79 Å². The molecule has 0 unspecified atom stereocenters. The topological polar surface area (TPSA) is 75.6 Å². The van der Waals surface area contributed by atoms with Gasteiger partial charge in [0.25, 0.3) is 0 Å². The van der Waals surface area contributed by atoms with Crippen LogP contribution in [0.3, 0.4) is 0 Å². The molecule has 2 fully saturated rings. The van der Waals surface area contributed by atoms with Gasteiger partial charge < -0.3 is 15.2 Å². The van der Waals surface area contributed by atoms with Crippen molar-refractivity contribution in [3.8, 4) is 0 Å². The number of carbonyl (C=O) groups excluding carboxylic acids is 1. The molecule has 20 heavy (non-hydrogen) atoms. The Kier molecular flexibility index (Phi) is 5.38. The quantitative estimate of drug-likeness (QED) is 0.773. The van der Waals surface area contributed by atoms with Crippen molar-refractivity contribution < 1.29 is 32.6 Å². The van der Waals surface area contributed by atoms with E-state index >= 15 is 0 Å². The molecule has 5 nitrogen and oxygen atoms in total. The molecule has 0 aromatic heterocycles. The predicted octanol–water partition coefficient (Wildman–Crippen LogP) is 1.57. The molecule has 0 aromatic carbocycles. The van der Waals surface area contributed by atoms with Crippen LogP contribution in [0.15, 0.2) is 0 Å². The van der Waals surface area contributed by atoms with Crippen LogP contribution in [0.2, 0.25) is 0 Å². The smallest absolute Gasteiger partial charge is 0.475 e. The molecule has 1 aliphatic carbocycles. The van der Waals surface area contributed by atoms with E-state index in [0.29, 0.717) is 24.4 Å². The van der Waals surface area contributed by atoms with Gasteiger partial charge in [0.05, 0.1) is 6.61 Å². The molecule has 0 radical (unpaired) electrons. The van der Waals surface area contributed by atoms with Crippen molar-refractivity contribution in [2.45, 2.75) is 32.4 Å². The van der Waals surface area contributed by atoms with Crippen molar-refractivity contribution in [2.75, 3.05) is 19.7 Å². The monoisotopic (exact) mass is 297 g/mol. The molecule has 0 bridgehead atoms. The average molecular weight is 297 g/mol. The maximum Gasteiger partial charge on any atom is 0.490 e. The summed E-state index contributed by atoms with van der Waals surface area (Å²) in [6.45, 7) is 4.69. The SMILES string of the molecule is CCOC(=O)CC1CC2(CNC2)C1.O=C(O)C(F)(F)F. The van der Waals surface area contributed by atoms with Crippen molar-refractivity contribution in [3.05, 3.63) is 0 Å². The number of halogens is 3. The van der Waals surface area contributed by atoms with E-state index in [4.69, 9.17) is 14.6 Å². The number of esters is 1. The number of nitrogens with one attached hydrogen (secondary N) is 1. The number of aliphatic carboxylic acids is 1. The first-order valence-corrected chi connectivity index (χ1v) is 6.35. The Bertz CT molecular complexity index is 358. The Balaban J connectivity index is 0.000000246. The van der Waals surface area contributed by atoms with Gasteiger partial charge in [0, 0.05) is 19.5 Å². The van der Waals surface area contributed by atoms with E-state index in [9.17, 15) is 18.0 Å². The molecule has 2 rings (SSSR count). The minimum Gasteiger partial charge on any atom is -0.475 e. The molecule has 8 heteroatoms. The Morgan fingerprint density at radius 1 is 1.35 bits per heavy atom. The minimum atomic E-state index is -5.08. The van der Waals surface area contributed by atoms with Crippen LogP contribution in [0.1, 0.15) is 26.2 Å². The summed E-state index contributed by atoms with van der Waals surface area (Å²) in [6, 6.07) is 0. The molecule has 1 saturated heterocycles. The second kappa shape index (κ2) is 6.43. The standard InChI is InChI=1S/C10H17NO2.C2HF3O2/c1-2-13-9(12)3-8-4-10(5-8)6-11-7-10;3-2(4,5)1(6)7/h8,11H,2-7H2,1H3;(H,6,7). The number of alkyl halides is 3. The van der Waals surface area contributed by atoms with E-state index in [-0.39, 0.29) is 5.97 Å². The summed E-state index contributed by atoms with van der Waals surface area (Å²) in [5, 5.41) is 10.4. The average Bonchev–Trinajstić information content (AvgIpc) is 2.20. The summed E-state index contributed by atoms with van der Waals surface area (Å²) in [5.74, 6) is -2.18. The third-order valence-electron chi connectivity index (χ3n) is 3.45. The minimum absolute atomic E-state index is 0.0189. The van der Waals surface area contributed by atoms with Gasteiger partial charge >= 0.3 is 18.1 Å².